The molecule has 0 aliphatic carbocycles. The van der Waals surface area contributed by atoms with Crippen LogP contribution in [0.25, 0.3) is 0 Å². The van der Waals surface area contributed by atoms with Gasteiger partial charge in [0.2, 0.25) is 0 Å². The van der Waals surface area contributed by atoms with E-state index in [1.807, 2.05) is 19.1 Å². The predicted molar refractivity (Wildman–Crippen MR) is 82.4 cm³/mol. The summed E-state index contributed by atoms with van der Waals surface area (Å²) < 4.78 is 5.46. The van der Waals surface area contributed by atoms with E-state index in [1.54, 1.807) is 0 Å². The molecule has 5 heteroatoms. The summed E-state index contributed by atoms with van der Waals surface area (Å²) in [4.78, 5) is 2.45. The summed E-state index contributed by atoms with van der Waals surface area (Å²) in [6.45, 7) is 7.60. The Kier molecular flexibility index (Phi) is 7.73. The fourth-order valence-electron chi connectivity index (χ4n) is 2.39. The minimum atomic E-state index is 0. The molecular weight excluding hydrogens is 283 g/mol. The molecule has 1 aliphatic heterocycles. The van der Waals surface area contributed by atoms with Crippen LogP contribution >= 0.6 is 24.0 Å². The van der Waals surface area contributed by atoms with Crippen LogP contribution in [0, 0.1) is 0 Å². The molecule has 1 unspecified atom stereocenters. The van der Waals surface area contributed by atoms with Gasteiger partial charge in [-0.1, -0.05) is 29.8 Å². The van der Waals surface area contributed by atoms with E-state index in [0.717, 1.165) is 44.4 Å². The second-order valence-corrected chi connectivity index (χ2v) is 4.88. The van der Waals surface area contributed by atoms with Gasteiger partial charge in [-0.25, -0.2) is 0 Å². The lowest BCUT2D eigenvalue weighted by Crippen LogP contribution is -2.47. The number of hydrogen-bond acceptors (Lipinski definition) is 3. The van der Waals surface area contributed by atoms with Gasteiger partial charge >= 0.3 is 0 Å². The normalized spacial score (nSPS) is 20.0. The van der Waals surface area contributed by atoms with E-state index in [-0.39, 0.29) is 12.4 Å². The number of nitrogens with zero attached hydrogens (tertiary/aromatic N) is 1. The molecule has 3 nitrogen and oxygen atoms in total. The Balaban J connectivity index is 0.00000180. The number of piperazine rings is 1. The van der Waals surface area contributed by atoms with E-state index in [2.05, 4.69) is 22.3 Å². The summed E-state index contributed by atoms with van der Waals surface area (Å²) in [5, 5.41) is 4.29. The SMILES string of the molecule is CCOCCN1CCNCC1c1ccccc1Cl.Cl. The number of hydrogen-bond donors (Lipinski definition) is 1. The second-order valence-electron chi connectivity index (χ2n) is 4.47. The number of rotatable bonds is 5. The molecule has 0 spiro atoms. The highest BCUT2D eigenvalue weighted by atomic mass is 35.5. The number of halogens is 2. The molecule has 0 saturated carbocycles. The van der Waals surface area contributed by atoms with Crippen LogP contribution in [0.4, 0.5) is 0 Å². The van der Waals surface area contributed by atoms with Gasteiger partial charge in [-0.3, -0.25) is 4.90 Å². The summed E-state index contributed by atoms with van der Waals surface area (Å²) in [5.74, 6) is 0. The van der Waals surface area contributed by atoms with E-state index >= 15 is 0 Å². The standard InChI is InChI=1S/C14H21ClN2O.ClH/c1-2-18-10-9-17-8-7-16-11-14(17)12-5-3-4-6-13(12)15;/h3-6,14,16H,2,7-11H2,1H3;1H. The molecule has 0 radical (unpaired) electrons. The molecule has 1 aromatic rings. The molecule has 1 aromatic carbocycles. The van der Waals surface area contributed by atoms with Gasteiger partial charge in [0.15, 0.2) is 0 Å². The maximum absolute atomic E-state index is 6.30. The maximum atomic E-state index is 6.30. The second kappa shape index (κ2) is 8.77. The molecule has 19 heavy (non-hydrogen) atoms. The maximum Gasteiger partial charge on any atom is 0.0593 e. The van der Waals surface area contributed by atoms with Gasteiger partial charge in [0.25, 0.3) is 0 Å². The molecule has 0 bridgehead atoms. The summed E-state index contributed by atoms with van der Waals surface area (Å²) in [5.41, 5.74) is 1.21. The van der Waals surface area contributed by atoms with Crippen LogP contribution in [0.1, 0.15) is 18.5 Å². The van der Waals surface area contributed by atoms with Crippen molar-refractivity contribution in [2.24, 2.45) is 0 Å². The fraction of sp³-hybridized carbons (Fsp3) is 0.571. The third-order valence-corrected chi connectivity index (χ3v) is 3.69. The van der Waals surface area contributed by atoms with E-state index in [1.165, 1.54) is 5.56 Å². The zero-order chi connectivity index (χ0) is 12.8. The lowest BCUT2D eigenvalue weighted by molar-refractivity contribution is 0.0829. The smallest absolute Gasteiger partial charge is 0.0593 e. The van der Waals surface area contributed by atoms with Crippen molar-refractivity contribution >= 4 is 24.0 Å². The van der Waals surface area contributed by atoms with Gasteiger partial charge in [-0.2, -0.15) is 0 Å². The summed E-state index contributed by atoms with van der Waals surface area (Å²) in [7, 11) is 0. The molecule has 1 N–H and O–H groups in total. The first-order valence-electron chi connectivity index (χ1n) is 6.60. The Hall–Kier alpha value is -0.320. The highest BCUT2D eigenvalue weighted by Gasteiger charge is 2.24. The first-order valence-corrected chi connectivity index (χ1v) is 6.97. The molecular formula is C14H22Cl2N2O. The zero-order valence-corrected chi connectivity index (χ0v) is 12.8. The first kappa shape index (κ1) is 16.7. The van der Waals surface area contributed by atoms with Gasteiger partial charge in [0.05, 0.1) is 6.61 Å². The van der Waals surface area contributed by atoms with Crippen molar-refractivity contribution in [1.82, 2.24) is 10.2 Å². The van der Waals surface area contributed by atoms with Crippen molar-refractivity contribution in [3.8, 4) is 0 Å². The van der Waals surface area contributed by atoms with Crippen LogP contribution in [0.5, 0.6) is 0 Å². The van der Waals surface area contributed by atoms with E-state index in [9.17, 15) is 0 Å². The first-order chi connectivity index (χ1) is 8.83. The third-order valence-electron chi connectivity index (χ3n) is 3.35. The number of nitrogens with one attached hydrogen (secondary N) is 1. The predicted octanol–water partition coefficient (Wildman–Crippen LogP) is 2.74. The zero-order valence-electron chi connectivity index (χ0n) is 11.3. The van der Waals surface area contributed by atoms with Crippen LogP contribution in [0.15, 0.2) is 24.3 Å². The number of benzene rings is 1. The van der Waals surface area contributed by atoms with E-state index in [0.29, 0.717) is 6.04 Å². The van der Waals surface area contributed by atoms with Gasteiger partial charge in [-0.05, 0) is 18.6 Å². The lowest BCUT2D eigenvalue weighted by atomic mass is 10.0. The van der Waals surface area contributed by atoms with Gasteiger partial charge < -0.3 is 10.1 Å². The molecule has 1 atom stereocenters. The van der Waals surface area contributed by atoms with Crippen LogP contribution in [0.2, 0.25) is 5.02 Å². The summed E-state index contributed by atoms with van der Waals surface area (Å²) in [6.07, 6.45) is 0. The number of ether oxygens (including phenoxy) is 1. The quantitative estimate of drug-likeness (QED) is 0.847. The summed E-state index contributed by atoms with van der Waals surface area (Å²) >= 11 is 6.30. The minimum absolute atomic E-state index is 0. The monoisotopic (exact) mass is 304 g/mol. The third kappa shape index (κ3) is 4.62. The lowest BCUT2D eigenvalue weighted by Gasteiger charge is -2.36. The molecule has 1 fully saturated rings. The van der Waals surface area contributed by atoms with Crippen molar-refractivity contribution in [3.05, 3.63) is 34.9 Å². The van der Waals surface area contributed by atoms with Gasteiger partial charge in [-0.15, -0.1) is 12.4 Å². The van der Waals surface area contributed by atoms with Crippen LogP contribution in [-0.4, -0.2) is 44.3 Å². The minimum Gasteiger partial charge on any atom is -0.380 e. The molecule has 0 aromatic heterocycles. The van der Waals surface area contributed by atoms with E-state index < -0.39 is 0 Å². The largest absolute Gasteiger partial charge is 0.380 e. The van der Waals surface area contributed by atoms with Crippen molar-refractivity contribution in [3.63, 3.8) is 0 Å². The summed E-state index contributed by atoms with van der Waals surface area (Å²) in [6, 6.07) is 8.47. The Morgan fingerprint density at radius 2 is 2.21 bits per heavy atom. The van der Waals surface area contributed by atoms with Crippen molar-refractivity contribution in [1.29, 1.82) is 0 Å². The fourth-order valence-corrected chi connectivity index (χ4v) is 2.65. The van der Waals surface area contributed by atoms with Gasteiger partial charge in [0, 0.05) is 43.9 Å². The van der Waals surface area contributed by atoms with Crippen LogP contribution < -0.4 is 5.32 Å². The molecule has 0 amide bonds. The Bertz CT molecular complexity index is 376. The molecule has 1 heterocycles. The molecule has 108 valence electrons. The Morgan fingerprint density at radius 3 is 2.95 bits per heavy atom. The van der Waals surface area contributed by atoms with Crippen molar-refractivity contribution < 1.29 is 4.74 Å². The Morgan fingerprint density at radius 1 is 1.42 bits per heavy atom. The van der Waals surface area contributed by atoms with Crippen molar-refractivity contribution in [2.75, 3.05) is 39.4 Å². The Labute approximate surface area is 126 Å². The average Bonchev–Trinajstić information content (AvgIpc) is 2.40. The van der Waals surface area contributed by atoms with Gasteiger partial charge in [0.1, 0.15) is 0 Å². The highest BCUT2D eigenvalue weighted by molar-refractivity contribution is 6.31. The highest BCUT2D eigenvalue weighted by Crippen LogP contribution is 2.28. The van der Waals surface area contributed by atoms with Crippen molar-refractivity contribution in [2.45, 2.75) is 13.0 Å². The molecule has 1 aliphatic rings. The van der Waals surface area contributed by atoms with Crippen LogP contribution in [-0.2, 0) is 4.74 Å². The molecule has 1 saturated heterocycles. The topological polar surface area (TPSA) is 24.5 Å². The van der Waals surface area contributed by atoms with E-state index in [4.69, 9.17) is 16.3 Å². The van der Waals surface area contributed by atoms with Crippen LogP contribution in [0.3, 0.4) is 0 Å². The average molecular weight is 305 g/mol. The molecule has 2 rings (SSSR count).